The zero-order chi connectivity index (χ0) is 18.2. The highest BCUT2D eigenvalue weighted by molar-refractivity contribution is 6.21. The Balaban J connectivity index is 1.45. The maximum absolute atomic E-state index is 12.6. The van der Waals surface area contributed by atoms with Crippen LogP contribution in [0.2, 0.25) is 0 Å². The molecule has 0 unspecified atom stereocenters. The van der Waals surface area contributed by atoms with E-state index in [9.17, 15) is 4.79 Å². The summed E-state index contributed by atoms with van der Waals surface area (Å²) in [4.78, 5) is 12.6. The number of aromatic nitrogens is 2. The van der Waals surface area contributed by atoms with Crippen LogP contribution >= 0.6 is 0 Å². The van der Waals surface area contributed by atoms with Gasteiger partial charge in [-0.3, -0.25) is 4.79 Å². The number of ether oxygens (including phenoxy) is 1. The maximum Gasteiger partial charge on any atom is 0.196 e. The second kappa shape index (κ2) is 6.18. The number of carbonyl (C=O) groups is 1. The van der Waals surface area contributed by atoms with Gasteiger partial charge in [-0.15, -0.1) is 10.2 Å². The third-order valence-electron chi connectivity index (χ3n) is 4.59. The Morgan fingerprint density at radius 1 is 0.630 bits per heavy atom. The van der Waals surface area contributed by atoms with Crippen LogP contribution in [0.25, 0.3) is 22.5 Å². The van der Waals surface area contributed by atoms with Crippen LogP contribution in [0.15, 0.2) is 84.9 Å². The molecule has 0 amide bonds. The molecule has 0 aliphatic heterocycles. The van der Waals surface area contributed by atoms with Crippen LogP contribution in [0, 0.1) is 0 Å². The van der Waals surface area contributed by atoms with Gasteiger partial charge >= 0.3 is 0 Å². The van der Waals surface area contributed by atoms with Gasteiger partial charge in [-0.25, -0.2) is 0 Å². The van der Waals surface area contributed by atoms with E-state index in [4.69, 9.17) is 4.74 Å². The van der Waals surface area contributed by atoms with E-state index in [0.717, 1.165) is 22.6 Å². The van der Waals surface area contributed by atoms with Gasteiger partial charge in [0.05, 0.1) is 11.3 Å². The van der Waals surface area contributed by atoms with Gasteiger partial charge in [0, 0.05) is 16.7 Å². The van der Waals surface area contributed by atoms with E-state index in [0.29, 0.717) is 22.5 Å². The molecule has 0 N–H and O–H groups in total. The van der Waals surface area contributed by atoms with E-state index in [1.54, 1.807) is 0 Å². The molecule has 1 heterocycles. The molecule has 3 aromatic carbocycles. The van der Waals surface area contributed by atoms with Gasteiger partial charge in [-0.05, 0) is 42.5 Å². The highest BCUT2D eigenvalue weighted by Gasteiger charge is 2.28. The number of benzene rings is 3. The first-order valence-electron chi connectivity index (χ1n) is 8.65. The van der Waals surface area contributed by atoms with Crippen LogP contribution < -0.4 is 4.74 Å². The molecule has 0 bridgehead atoms. The van der Waals surface area contributed by atoms with Crippen LogP contribution in [-0.4, -0.2) is 16.0 Å². The van der Waals surface area contributed by atoms with Crippen LogP contribution in [0.1, 0.15) is 15.9 Å². The van der Waals surface area contributed by atoms with Gasteiger partial charge in [0.25, 0.3) is 0 Å². The molecule has 0 saturated carbocycles. The summed E-state index contributed by atoms with van der Waals surface area (Å²) >= 11 is 0. The summed E-state index contributed by atoms with van der Waals surface area (Å²) in [6, 6.07) is 26.5. The maximum atomic E-state index is 12.6. The highest BCUT2D eigenvalue weighted by Crippen LogP contribution is 2.36. The Morgan fingerprint density at radius 2 is 1.30 bits per heavy atom. The average Bonchev–Trinajstić information content (AvgIpc) is 3.02. The first-order chi connectivity index (χ1) is 13.3. The minimum absolute atomic E-state index is 0.000723. The number of para-hydroxylation sites is 1. The third-order valence-corrected chi connectivity index (χ3v) is 4.59. The summed E-state index contributed by atoms with van der Waals surface area (Å²) in [5, 5.41) is 8.64. The minimum atomic E-state index is 0.000723. The number of ketones is 1. The molecule has 0 spiro atoms. The molecule has 0 atom stereocenters. The van der Waals surface area contributed by atoms with Crippen molar-refractivity contribution in [3.63, 3.8) is 0 Å². The molecule has 0 fully saturated rings. The lowest BCUT2D eigenvalue weighted by atomic mass is 10.1. The fraction of sp³-hybridized carbons (Fsp3) is 0. The standard InChI is InChI=1S/C23H14N2O2/c26-23-19-9-5-4-8-18(19)22-20(23)14-21(24-25-22)15-10-12-17(13-11-15)27-16-6-2-1-3-7-16/h1-14H. The molecule has 5 rings (SSSR count). The summed E-state index contributed by atoms with van der Waals surface area (Å²) in [7, 11) is 0. The highest BCUT2D eigenvalue weighted by atomic mass is 16.5. The summed E-state index contributed by atoms with van der Waals surface area (Å²) in [5.74, 6) is 1.52. The normalized spacial score (nSPS) is 11.8. The van der Waals surface area contributed by atoms with E-state index in [1.165, 1.54) is 0 Å². The van der Waals surface area contributed by atoms with Crippen molar-refractivity contribution >= 4 is 5.78 Å². The largest absolute Gasteiger partial charge is 0.457 e. The van der Waals surface area contributed by atoms with Gasteiger partial charge in [0.1, 0.15) is 17.2 Å². The van der Waals surface area contributed by atoms with E-state index in [-0.39, 0.29) is 5.78 Å². The quantitative estimate of drug-likeness (QED) is 0.452. The van der Waals surface area contributed by atoms with Gasteiger partial charge in [0.2, 0.25) is 0 Å². The lowest BCUT2D eigenvalue weighted by molar-refractivity contribution is 0.104. The number of rotatable bonds is 3. The van der Waals surface area contributed by atoms with Crippen molar-refractivity contribution < 1.29 is 9.53 Å². The lowest BCUT2D eigenvalue weighted by Gasteiger charge is -2.07. The zero-order valence-electron chi connectivity index (χ0n) is 14.3. The minimum Gasteiger partial charge on any atom is -0.457 e. The number of carbonyl (C=O) groups excluding carboxylic acids is 1. The van der Waals surface area contributed by atoms with Gasteiger partial charge in [-0.1, -0.05) is 42.5 Å². The summed E-state index contributed by atoms with van der Waals surface area (Å²) in [6.45, 7) is 0. The van der Waals surface area contributed by atoms with Crippen LogP contribution in [0.4, 0.5) is 0 Å². The predicted octanol–water partition coefficient (Wildman–Crippen LogP) is 5.15. The summed E-state index contributed by atoms with van der Waals surface area (Å²) in [5.41, 5.74) is 4.35. The van der Waals surface area contributed by atoms with E-state index in [2.05, 4.69) is 10.2 Å². The van der Waals surface area contributed by atoms with Crippen molar-refractivity contribution in [1.29, 1.82) is 0 Å². The molecule has 1 aromatic heterocycles. The van der Waals surface area contributed by atoms with Gasteiger partial charge in [-0.2, -0.15) is 0 Å². The third kappa shape index (κ3) is 2.68. The molecular weight excluding hydrogens is 336 g/mol. The average molecular weight is 350 g/mol. The summed E-state index contributed by atoms with van der Waals surface area (Å²) in [6.07, 6.45) is 0. The number of nitrogens with zero attached hydrogens (tertiary/aromatic N) is 2. The Hall–Kier alpha value is -3.79. The first kappa shape index (κ1) is 15.5. The smallest absolute Gasteiger partial charge is 0.196 e. The van der Waals surface area contributed by atoms with Crippen molar-refractivity contribution in [3.8, 4) is 34.0 Å². The van der Waals surface area contributed by atoms with Crippen molar-refractivity contribution in [3.05, 3.63) is 96.1 Å². The van der Waals surface area contributed by atoms with E-state index in [1.807, 2.05) is 84.9 Å². The van der Waals surface area contributed by atoms with Crippen molar-refractivity contribution in [2.45, 2.75) is 0 Å². The molecule has 0 saturated heterocycles. The Labute approximate surface area is 156 Å². The van der Waals surface area contributed by atoms with Crippen molar-refractivity contribution in [2.24, 2.45) is 0 Å². The molecule has 4 heteroatoms. The molecule has 1 aliphatic carbocycles. The molecule has 0 radical (unpaired) electrons. The Bertz CT molecular complexity index is 1150. The van der Waals surface area contributed by atoms with E-state index < -0.39 is 0 Å². The fourth-order valence-electron chi connectivity index (χ4n) is 3.26. The molecule has 128 valence electrons. The number of fused-ring (bicyclic) bond motifs is 3. The predicted molar refractivity (Wildman–Crippen MR) is 103 cm³/mol. The second-order valence-electron chi connectivity index (χ2n) is 6.31. The van der Waals surface area contributed by atoms with Crippen molar-refractivity contribution in [2.75, 3.05) is 0 Å². The number of hydrogen-bond donors (Lipinski definition) is 0. The molecule has 27 heavy (non-hydrogen) atoms. The van der Waals surface area contributed by atoms with E-state index >= 15 is 0 Å². The second-order valence-corrected chi connectivity index (χ2v) is 6.31. The van der Waals surface area contributed by atoms with Crippen LogP contribution in [0.5, 0.6) is 11.5 Å². The molecule has 4 nitrogen and oxygen atoms in total. The fourth-order valence-corrected chi connectivity index (χ4v) is 3.26. The first-order valence-corrected chi connectivity index (χ1v) is 8.65. The van der Waals surface area contributed by atoms with Crippen molar-refractivity contribution in [1.82, 2.24) is 10.2 Å². The van der Waals surface area contributed by atoms with Crippen LogP contribution in [0.3, 0.4) is 0 Å². The van der Waals surface area contributed by atoms with Gasteiger partial charge in [0.15, 0.2) is 5.78 Å². The lowest BCUT2D eigenvalue weighted by Crippen LogP contribution is -1.98. The topological polar surface area (TPSA) is 52.1 Å². The summed E-state index contributed by atoms with van der Waals surface area (Å²) < 4.78 is 5.81. The monoisotopic (exact) mass is 350 g/mol. The number of hydrogen-bond acceptors (Lipinski definition) is 4. The Morgan fingerprint density at radius 3 is 2.07 bits per heavy atom. The Kier molecular flexibility index (Phi) is 3.54. The molecule has 4 aromatic rings. The van der Waals surface area contributed by atoms with Gasteiger partial charge < -0.3 is 4.74 Å². The van der Waals surface area contributed by atoms with Crippen LogP contribution in [-0.2, 0) is 0 Å². The SMILES string of the molecule is O=C1c2ccccc2-c2nnc(-c3ccc(Oc4ccccc4)cc3)cc21. The molecule has 1 aliphatic rings. The zero-order valence-corrected chi connectivity index (χ0v) is 14.3. The molecular formula is C23H14N2O2.